The fourth-order valence-electron chi connectivity index (χ4n) is 2.49. The highest BCUT2D eigenvalue weighted by molar-refractivity contribution is 7.89. The quantitative estimate of drug-likeness (QED) is 0.878. The molecule has 1 atom stereocenters. The molecule has 0 radical (unpaired) electrons. The number of para-hydroxylation sites is 1. The van der Waals surface area contributed by atoms with Crippen molar-refractivity contribution >= 4 is 27.3 Å². The van der Waals surface area contributed by atoms with E-state index in [4.69, 9.17) is 0 Å². The standard InChI is InChI=1S/C16H17N3O3S/c1-11-6-5-7-12(10-11)19(2)16(20)15-17-13-8-3-4-9-14(13)23(21,22)18-15/h3-10,15,17-18H,1-2H3/t15-/m0/s1. The van der Waals surface area contributed by atoms with Gasteiger partial charge in [-0.3, -0.25) is 4.79 Å². The number of nitrogens with zero attached hydrogens (tertiary/aromatic N) is 1. The number of likely N-dealkylation sites (N-methyl/N-ethyl adjacent to an activating group) is 1. The van der Waals surface area contributed by atoms with Crippen LogP contribution in [0.5, 0.6) is 0 Å². The molecule has 1 aliphatic heterocycles. The van der Waals surface area contributed by atoms with Crippen LogP contribution in [-0.2, 0) is 14.8 Å². The number of carbonyl (C=O) groups is 1. The van der Waals surface area contributed by atoms with Gasteiger partial charge in [0.05, 0.1) is 5.69 Å². The topological polar surface area (TPSA) is 78.5 Å². The summed E-state index contributed by atoms with van der Waals surface area (Å²) in [5.41, 5.74) is 2.14. The normalized spacial score (nSPS) is 18.6. The molecule has 2 aromatic carbocycles. The van der Waals surface area contributed by atoms with Crippen molar-refractivity contribution in [1.82, 2.24) is 4.72 Å². The summed E-state index contributed by atoms with van der Waals surface area (Å²) in [6.45, 7) is 1.93. The number of hydrogen-bond donors (Lipinski definition) is 2. The van der Waals surface area contributed by atoms with E-state index in [1.54, 1.807) is 31.3 Å². The maximum atomic E-state index is 12.6. The smallest absolute Gasteiger partial charge is 0.265 e. The minimum atomic E-state index is -3.72. The number of hydrogen-bond acceptors (Lipinski definition) is 4. The predicted molar refractivity (Wildman–Crippen MR) is 88.8 cm³/mol. The van der Waals surface area contributed by atoms with Crippen LogP contribution in [-0.4, -0.2) is 27.5 Å². The maximum Gasteiger partial charge on any atom is 0.265 e. The van der Waals surface area contributed by atoms with E-state index >= 15 is 0 Å². The molecule has 1 aliphatic rings. The number of sulfonamides is 1. The summed E-state index contributed by atoms with van der Waals surface area (Å²) < 4.78 is 26.9. The molecule has 23 heavy (non-hydrogen) atoms. The molecule has 3 rings (SSSR count). The minimum Gasteiger partial charge on any atom is -0.360 e. The van der Waals surface area contributed by atoms with Crippen LogP contribution in [0.4, 0.5) is 11.4 Å². The molecule has 0 saturated carbocycles. The predicted octanol–water partition coefficient (Wildman–Crippen LogP) is 1.69. The van der Waals surface area contributed by atoms with E-state index < -0.39 is 16.2 Å². The highest BCUT2D eigenvalue weighted by Crippen LogP contribution is 2.26. The van der Waals surface area contributed by atoms with Crippen molar-refractivity contribution in [2.75, 3.05) is 17.3 Å². The molecular weight excluding hydrogens is 314 g/mol. The molecule has 1 amide bonds. The zero-order valence-corrected chi connectivity index (χ0v) is 13.6. The van der Waals surface area contributed by atoms with Gasteiger partial charge >= 0.3 is 0 Å². The first-order valence-electron chi connectivity index (χ1n) is 7.10. The highest BCUT2D eigenvalue weighted by Gasteiger charge is 2.34. The largest absolute Gasteiger partial charge is 0.360 e. The second-order valence-corrected chi connectivity index (χ2v) is 7.11. The van der Waals surface area contributed by atoms with Crippen LogP contribution in [0.1, 0.15) is 5.56 Å². The third-order valence-corrected chi connectivity index (χ3v) is 5.20. The summed E-state index contributed by atoms with van der Waals surface area (Å²) in [6, 6.07) is 13.9. The number of carbonyl (C=O) groups excluding carboxylic acids is 1. The summed E-state index contributed by atoms with van der Waals surface area (Å²) in [6.07, 6.45) is -1.04. The van der Waals surface area contributed by atoms with Gasteiger partial charge in [-0.25, -0.2) is 8.42 Å². The molecule has 6 nitrogen and oxygen atoms in total. The second-order valence-electron chi connectivity index (χ2n) is 5.43. The van der Waals surface area contributed by atoms with E-state index in [1.807, 2.05) is 25.1 Å². The number of rotatable bonds is 2. The Morgan fingerprint density at radius 1 is 1.13 bits per heavy atom. The van der Waals surface area contributed by atoms with Crippen LogP contribution in [0.2, 0.25) is 0 Å². The molecular formula is C16H17N3O3S. The lowest BCUT2D eigenvalue weighted by molar-refractivity contribution is -0.119. The van der Waals surface area contributed by atoms with Gasteiger partial charge in [0.1, 0.15) is 4.90 Å². The van der Waals surface area contributed by atoms with Crippen LogP contribution in [0, 0.1) is 6.92 Å². The molecule has 7 heteroatoms. The summed E-state index contributed by atoms with van der Waals surface area (Å²) in [5.74, 6) is -0.381. The van der Waals surface area contributed by atoms with Crippen molar-refractivity contribution in [3.05, 3.63) is 54.1 Å². The lowest BCUT2D eigenvalue weighted by atomic mass is 10.2. The van der Waals surface area contributed by atoms with Gasteiger partial charge in [-0.2, -0.15) is 4.72 Å². The van der Waals surface area contributed by atoms with Gasteiger partial charge in [0.2, 0.25) is 10.0 Å². The lowest BCUT2D eigenvalue weighted by Gasteiger charge is -2.30. The van der Waals surface area contributed by atoms with Crippen LogP contribution in [0.15, 0.2) is 53.4 Å². The van der Waals surface area contributed by atoms with Crippen molar-refractivity contribution in [2.24, 2.45) is 0 Å². The Hall–Kier alpha value is -2.38. The average molecular weight is 331 g/mol. The van der Waals surface area contributed by atoms with E-state index in [9.17, 15) is 13.2 Å². The third kappa shape index (κ3) is 2.93. The number of amides is 1. The molecule has 1 heterocycles. The van der Waals surface area contributed by atoms with Gasteiger partial charge in [0.25, 0.3) is 5.91 Å². The van der Waals surface area contributed by atoms with Gasteiger partial charge in [0, 0.05) is 12.7 Å². The third-order valence-electron chi connectivity index (χ3n) is 3.72. The van der Waals surface area contributed by atoms with Crippen molar-refractivity contribution < 1.29 is 13.2 Å². The summed E-state index contributed by atoms with van der Waals surface area (Å²) in [4.78, 5) is 14.2. The summed E-state index contributed by atoms with van der Waals surface area (Å²) >= 11 is 0. The number of anilines is 2. The van der Waals surface area contributed by atoms with E-state index in [0.717, 1.165) is 5.56 Å². The maximum absolute atomic E-state index is 12.6. The zero-order valence-electron chi connectivity index (χ0n) is 12.8. The van der Waals surface area contributed by atoms with Crippen LogP contribution in [0.25, 0.3) is 0 Å². The summed E-state index contributed by atoms with van der Waals surface area (Å²) in [5, 5.41) is 2.94. The first kappa shape index (κ1) is 15.5. The van der Waals surface area contributed by atoms with Gasteiger partial charge in [-0.05, 0) is 36.8 Å². The molecule has 0 aromatic heterocycles. The molecule has 0 saturated heterocycles. The van der Waals surface area contributed by atoms with Crippen LogP contribution >= 0.6 is 0 Å². The monoisotopic (exact) mass is 331 g/mol. The molecule has 0 aliphatic carbocycles. The van der Waals surface area contributed by atoms with E-state index in [0.29, 0.717) is 11.4 Å². The highest BCUT2D eigenvalue weighted by atomic mass is 32.2. The van der Waals surface area contributed by atoms with Crippen molar-refractivity contribution in [1.29, 1.82) is 0 Å². The van der Waals surface area contributed by atoms with Crippen LogP contribution < -0.4 is 14.9 Å². The second kappa shape index (κ2) is 5.68. The average Bonchev–Trinajstić information content (AvgIpc) is 2.53. The Bertz CT molecular complexity index is 864. The van der Waals surface area contributed by atoms with Gasteiger partial charge in [-0.1, -0.05) is 24.3 Å². The number of nitrogens with one attached hydrogen (secondary N) is 2. The fraction of sp³-hybridized carbons (Fsp3) is 0.188. The first-order valence-corrected chi connectivity index (χ1v) is 8.59. The van der Waals surface area contributed by atoms with Gasteiger partial charge in [0.15, 0.2) is 6.17 Å². The molecule has 2 aromatic rings. The first-order chi connectivity index (χ1) is 10.9. The Kier molecular flexibility index (Phi) is 3.83. The Balaban J connectivity index is 1.90. The van der Waals surface area contributed by atoms with Crippen molar-refractivity contribution in [3.63, 3.8) is 0 Å². The van der Waals surface area contributed by atoms with Crippen molar-refractivity contribution in [2.45, 2.75) is 18.0 Å². The molecule has 0 spiro atoms. The summed E-state index contributed by atoms with van der Waals surface area (Å²) in [7, 11) is -2.10. The molecule has 2 N–H and O–H groups in total. The Morgan fingerprint density at radius 2 is 1.87 bits per heavy atom. The lowest BCUT2D eigenvalue weighted by Crippen LogP contribution is -2.54. The van der Waals surface area contributed by atoms with E-state index in [2.05, 4.69) is 10.0 Å². The fourth-order valence-corrected chi connectivity index (χ4v) is 3.76. The Morgan fingerprint density at radius 3 is 2.61 bits per heavy atom. The number of benzene rings is 2. The number of aryl methyl sites for hydroxylation is 1. The Labute approximate surface area is 135 Å². The SMILES string of the molecule is Cc1cccc(N(C)C(=O)[C@H]2Nc3ccccc3S(=O)(=O)N2)c1. The minimum absolute atomic E-state index is 0.141. The zero-order chi connectivity index (χ0) is 16.6. The van der Waals surface area contributed by atoms with E-state index in [1.165, 1.54) is 11.0 Å². The molecule has 120 valence electrons. The van der Waals surface area contributed by atoms with Crippen molar-refractivity contribution in [3.8, 4) is 0 Å². The van der Waals surface area contributed by atoms with Gasteiger partial charge < -0.3 is 10.2 Å². The van der Waals surface area contributed by atoms with E-state index in [-0.39, 0.29) is 10.8 Å². The van der Waals surface area contributed by atoms with Gasteiger partial charge in [-0.15, -0.1) is 0 Å². The number of fused-ring (bicyclic) bond motifs is 1. The molecule has 0 bridgehead atoms. The molecule has 0 unspecified atom stereocenters. The van der Waals surface area contributed by atoms with Crippen LogP contribution in [0.3, 0.4) is 0 Å². The molecule has 0 fully saturated rings.